The fraction of sp³-hybridized carbons (Fsp3) is 0.424. The molecule has 0 radical (unpaired) electrons. The van der Waals surface area contributed by atoms with Gasteiger partial charge in [0.25, 0.3) is 0 Å². The highest BCUT2D eigenvalue weighted by molar-refractivity contribution is 6.31. The maximum Gasteiger partial charge on any atom is 0.307 e. The Balaban J connectivity index is 1.23. The Bertz CT molecular complexity index is 1610. The summed E-state index contributed by atoms with van der Waals surface area (Å²) < 4.78 is 29.4. The van der Waals surface area contributed by atoms with E-state index in [1.807, 2.05) is 0 Å². The van der Waals surface area contributed by atoms with Gasteiger partial charge < -0.3 is 24.8 Å². The molecule has 0 unspecified atom stereocenters. The Morgan fingerprint density at radius 2 is 1.77 bits per heavy atom. The summed E-state index contributed by atoms with van der Waals surface area (Å²) in [5, 5.41) is 6.70. The molecule has 1 aromatic heterocycles. The van der Waals surface area contributed by atoms with Crippen LogP contribution >= 0.6 is 11.6 Å². The van der Waals surface area contributed by atoms with Crippen LogP contribution in [0, 0.1) is 11.7 Å². The number of esters is 2. The molecule has 1 aliphatic carbocycles. The van der Waals surface area contributed by atoms with Crippen molar-refractivity contribution < 1.29 is 33.0 Å². The van der Waals surface area contributed by atoms with Gasteiger partial charge in [-0.15, -0.1) is 0 Å². The van der Waals surface area contributed by atoms with E-state index in [2.05, 4.69) is 30.4 Å². The van der Waals surface area contributed by atoms with Crippen LogP contribution in [0.25, 0.3) is 10.9 Å². The summed E-state index contributed by atoms with van der Waals surface area (Å²) in [5.74, 6) is -0.144. The molecule has 2 heterocycles. The molecule has 0 spiro atoms. The number of carbonyl (C=O) groups excluding carboxylic acids is 3. The van der Waals surface area contributed by atoms with Crippen molar-refractivity contribution in [1.29, 1.82) is 0 Å². The van der Waals surface area contributed by atoms with E-state index in [1.54, 1.807) is 24.3 Å². The Kier molecular flexibility index (Phi) is 11.6. The molecule has 0 bridgehead atoms. The van der Waals surface area contributed by atoms with Crippen molar-refractivity contribution in [1.82, 2.24) is 19.8 Å². The highest BCUT2D eigenvalue weighted by atomic mass is 35.5. The van der Waals surface area contributed by atoms with E-state index in [1.165, 1.54) is 38.8 Å². The van der Waals surface area contributed by atoms with Gasteiger partial charge in [0.1, 0.15) is 23.7 Å². The van der Waals surface area contributed by atoms with Gasteiger partial charge in [0.2, 0.25) is 5.91 Å². The van der Waals surface area contributed by atoms with E-state index in [4.69, 9.17) is 25.8 Å². The predicted molar refractivity (Wildman–Crippen MR) is 175 cm³/mol. The first-order chi connectivity index (χ1) is 22.7. The Hall–Kier alpha value is -4.33. The quantitative estimate of drug-likeness (QED) is 0.185. The van der Waals surface area contributed by atoms with Gasteiger partial charge in [-0.05, 0) is 43.0 Å². The molecule has 2 aliphatic rings. The average molecular weight is 669 g/mol. The first-order valence-electron chi connectivity index (χ1n) is 15.4. The number of ether oxygens (including phenoxy) is 3. The molecule has 1 saturated carbocycles. The number of fused-ring (bicyclic) bond motifs is 1. The number of anilines is 3. The second-order valence-corrected chi connectivity index (χ2v) is 11.9. The topological polar surface area (TPSA) is 135 Å². The van der Waals surface area contributed by atoms with E-state index in [9.17, 15) is 18.8 Å². The van der Waals surface area contributed by atoms with Gasteiger partial charge in [0, 0.05) is 62.0 Å². The zero-order valence-electron chi connectivity index (χ0n) is 26.3. The number of methoxy groups -OCH3 is 2. The number of hydrogen-bond acceptors (Lipinski definition) is 11. The monoisotopic (exact) mass is 668 g/mol. The van der Waals surface area contributed by atoms with Crippen LogP contribution in [0.4, 0.5) is 21.6 Å². The van der Waals surface area contributed by atoms with Gasteiger partial charge in [0.05, 0.1) is 49.9 Å². The van der Waals surface area contributed by atoms with Crippen LogP contribution in [0.5, 0.6) is 5.75 Å². The normalized spacial score (nSPS) is 15.6. The summed E-state index contributed by atoms with van der Waals surface area (Å²) in [7, 11) is 2.66. The largest absolute Gasteiger partial charge is 0.491 e. The SMILES string of the molecule is COC(=O)CC(CC(=O)OC)N1CCN(CC=CC(=O)Nc2cc3c(Nc4ccc(F)c(Cl)c4)ncnc3cc2OCC2CC2)CC1. The second-order valence-electron chi connectivity index (χ2n) is 11.5. The first-order valence-corrected chi connectivity index (χ1v) is 15.8. The minimum absolute atomic E-state index is 0.0212. The van der Waals surface area contributed by atoms with Crippen LogP contribution in [0.15, 0.2) is 48.8 Å². The number of piperazine rings is 1. The molecule has 2 fully saturated rings. The van der Waals surface area contributed by atoms with E-state index in [-0.39, 0.29) is 41.8 Å². The molecular weight excluding hydrogens is 631 g/mol. The summed E-state index contributed by atoms with van der Waals surface area (Å²) in [5.41, 5.74) is 1.62. The summed E-state index contributed by atoms with van der Waals surface area (Å²) in [4.78, 5) is 49.9. The molecule has 2 aromatic carbocycles. The van der Waals surface area contributed by atoms with Gasteiger partial charge in [0.15, 0.2) is 0 Å². The number of nitrogens with zero attached hydrogens (tertiary/aromatic N) is 4. The summed E-state index contributed by atoms with van der Waals surface area (Å²) in [6.07, 6.45) is 7.14. The van der Waals surface area contributed by atoms with Gasteiger partial charge in [-0.3, -0.25) is 24.2 Å². The number of hydrogen-bond donors (Lipinski definition) is 2. The molecule has 14 heteroatoms. The molecule has 1 saturated heterocycles. The highest BCUT2D eigenvalue weighted by Crippen LogP contribution is 2.36. The molecule has 12 nitrogen and oxygen atoms in total. The van der Waals surface area contributed by atoms with Crippen molar-refractivity contribution >= 4 is 57.5 Å². The van der Waals surface area contributed by atoms with Crippen molar-refractivity contribution in [3.05, 3.63) is 59.7 Å². The number of carbonyl (C=O) groups is 3. The molecular formula is C33H38ClFN6O6. The lowest BCUT2D eigenvalue weighted by molar-refractivity contribution is -0.145. The number of rotatable bonds is 14. The van der Waals surface area contributed by atoms with E-state index < -0.39 is 5.82 Å². The molecule has 2 N–H and O–H groups in total. The highest BCUT2D eigenvalue weighted by Gasteiger charge is 2.28. The van der Waals surface area contributed by atoms with E-state index in [0.717, 1.165) is 12.8 Å². The average Bonchev–Trinajstić information content (AvgIpc) is 3.90. The molecule has 1 amide bonds. The molecule has 250 valence electrons. The van der Waals surface area contributed by atoms with E-state index in [0.29, 0.717) is 79.1 Å². The first kappa shape index (κ1) is 34.0. The molecule has 3 aromatic rings. The van der Waals surface area contributed by atoms with Crippen LogP contribution in [0.1, 0.15) is 25.7 Å². The smallest absolute Gasteiger partial charge is 0.307 e. The van der Waals surface area contributed by atoms with Gasteiger partial charge >= 0.3 is 11.9 Å². The molecule has 0 atom stereocenters. The lowest BCUT2D eigenvalue weighted by atomic mass is 10.1. The van der Waals surface area contributed by atoms with E-state index >= 15 is 0 Å². The number of amides is 1. The number of benzene rings is 2. The third kappa shape index (κ3) is 9.60. The van der Waals surface area contributed by atoms with Crippen molar-refractivity contribution in [3.63, 3.8) is 0 Å². The standard InChI is InChI=1S/C33H38ClFN6O6/c1-45-31(43)15-23(16-32(44)46-2)41-12-10-40(11-13-41)9-3-4-30(42)39-28-17-24-27(18-29(28)47-19-21-5-6-21)36-20-37-33(24)38-22-7-8-26(35)25(34)14-22/h3-4,7-8,14,17-18,20-21,23H,5-6,9-13,15-16,19H2,1-2H3,(H,39,42)(H,36,37,38). The van der Waals surface area contributed by atoms with Crippen molar-refractivity contribution in [2.45, 2.75) is 31.7 Å². The van der Waals surface area contributed by atoms with Gasteiger partial charge in [-0.25, -0.2) is 14.4 Å². The van der Waals surface area contributed by atoms with Crippen LogP contribution in [0.2, 0.25) is 5.02 Å². The summed E-state index contributed by atoms with van der Waals surface area (Å²) in [6.45, 7) is 3.79. The minimum atomic E-state index is -0.526. The van der Waals surface area contributed by atoms with Gasteiger partial charge in [-0.2, -0.15) is 0 Å². The van der Waals surface area contributed by atoms with Crippen molar-refractivity contribution in [2.75, 3.05) is 64.2 Å². The zero-order valence-corrected chi connectivity index (χ0v) is 27.1. The maximum absolute atomic E-state index is 13.7. The third-order valence-electron chi connectivity index (χ3n) is 8.16. The van der Waals surface area contributed by atoms with Crippen LogP contribution in [-0.2, 0) is 23.9 Å². The van der Waals surface area contributed by atoms with Crippen molar-refractivity contribution in [2.24, 2.45) is 5.92 Å². The molecule has 1 aliphatic heterocycles. The number of nitrogens with one attached hydrogen (secondary N) is 2. The van der Waals surface area contributed by atoms with Crippen molar-refractivity contribution in [3.8, 4) is 5.75 Å². The number of halogens is 2. The Morgan fingerprint density at radius 1 is 1.04 bits per heavy atom. The maximum atomic E-state index is 13.7. The Labute approximate surface area is 277 Å². The van der Waals surface area contributed by atoms with Crippen LogP contribution < -0.4 is 15.4 Å². The molecule has 47 heavy (non-hydrogen) atoms. The second kappa shape index (κ2) is 16.0. The zero-order chi connectivity index (χ0) is 33.3. The van der Waals surface area contributed by atoms with Crippen LogP contribution in [-0.4, -0.2) is 97.2 Å². The Morgan fingerprint density at radius 3 is 2.43 bits per heavy atom. The molecule has 5 rings (SSSR count). The van der Waals surface area contributed by atoms with Crippen LogP contribution in [0.3, 0.4) is 0 Å². The predicted octanol–water partition coefficient (Wildman–Crippen LogP) is 4.56. The lowest BCUT2D eigenvalue weighted by Crippen LogP contribution is -2.51. The summed E-state index contributed by atoms with van der Waals surface area (Å²) >= 11 is 5.97. The minimum Gasteiger partial charge on any atom is -0.491 e. The fourth-order valence-electron chi connectivity index (χ4n) is 5.28. The lowest BCUT2D eigenvalue weighted by Gasteiger charge is -2.38. The summed E-state index contributed by atoms with van der Waals surface area (Å²) in [6, 6.07) is 7.52. The third-order valence-corrected chi connectivity index (χ3v) is 8.45. The fourth-order valence-corrected chi connectivity index (χ4v) is 5.46. The number of aromatic nitrogens is 2. The van der Waals surface area contributed by atoms with Gasteiger partial charge in [-0.1, -0.05) is 17.7 Å².